The molecule has 6 heteroatoms. The fourth-order valence-electron chi connectivity index (χ4n) is 1.89. The molecule has 0 bridgehead atoms. The van der Waals surface area contributed by atoms with Crippen LogP contribution in [0, 0.1) is 10.1 Å². The number of benzene rings is 1. The first-order chi connectivity index (χ1) is 8.22. The number of nitro benzene ring substituents is 1. The molecule has 1 aromatic carbocycles. The lowest BCUT2D eigenvalue weighted by Crippen LogP contribution is -2.36. The highest BCUT2D eigenvalue weighted by molar-refractivity contribution is 5.64. The molecule has 17 heavy (non-hydrogen) atoms. The van der Waals surface area contributed by atoms with E-state index in [0.29, 0.717) is 37.6 Å². The number of hydrogen-bond donors (Lipinski definition) is 1. The Morgan fingerprint density at radius 1 is 1.41 bits per heavy atom. The fraction of sp³-hybridized carbons (Fsp3) is 0.455. The highest BCUT2D eigenvalue weighted by Crippen LogP contribution is 2.29. The molecule has 1 aliphatic heterocycles. The number of nitrogens with zero attached hydrogens (tertiary/aromatic N) is 2. The minimum absolute atomic E-state index is 0.0402. The van der Waals surface area contributed by atoms with Gasteiger partial charge in [-0.3, -0.25) is 10.1 Å². The molecule has 2 rings (SSSR count). The molecule has 1 aromatic rings. The maximum Gasteiger partial charge on any atom is 0.292 e. The zero-order chi connectivity index (χ0) is 12.3. The molecule has 0 unspecified atom stereocenters. The summed E-state index contributed by atoms with van der Waals surface area (Å²) in [7, 11) is 0. The predicted molar refractivity (Wildman–Crippen MR) is 62.1 cm³/mol. The Morgan fingerprint density at radius 3 is 2.71 bits per heavy atom. The zero-order valence-electron chi connectivity index (χ0n) is 9.33. The van der Waals surface area contributed by atoms with Crippen molar-refractivity contribution in [2.45, 2.75) is 6.61 Å². The molecule has 1 fully saturated rings. The quantitative estimate of drug-likeness (QED) is 0.626. The standard InChI is InChI=1S/C11H14N2O4/c14-8-9-1-2-10(11(7-9)13(15)16)12-3-5-17-6-4-12/h1-2,7,14H,3-6,8H2. The molecule has 1 saturated heterocycles. The third kappa shape index (κ3) is 2.54. The second-order valence-corrected chi connectivity index (χ2v) is 3.84. The first kappa shape index (κ1) is 11.8. The molecule has 0 amide bonds. The lowest BCUT2D eigenvalue weighted by atomic mass is 10.1. The van der Waals surface area contributed by atoms with E-state index in [-0.39, 0.29) is 12.3 Å². The molecule has 92 valence electrons. The number of rotatable bonds is 3. The molecule has 1 N–H and O–H groups in total. The van der Waals surface area contributed by atoms with Crippen LogP contribution in [-0.2, 0) is 11.3 Å². The monoisotopic (exact) mass is 238 g/mol. The first-order valence-electron chi connectivity index (χ1n) is 5.43. The van der Waals surface area contributed by atoms with Gasteiger partial charge in [0.1, 0.15) is 5.69 Å². The van der Waals surface area contributed by atoms with Gasteiger partial charge < -0.3 is 14.7 Å². The van der Waals surface area contributed by atoms with Gasteiger partial charge in [-0.15, -0.1) is 0 Å². The van der Waals surface area contributed by atoms with Gasteiger partial charge in [-0.2, -0.15) is 0 Å². The normalized spacial score (nSPS) is 15.9. The summed E-state index contributed by atoms with van der Waals surface area (Å²) in [6.45, 7) is 2.28. The molecule has 6 nitrogen and oxygen atoms in total. The lowest BCUT2D eigenvalue weighted by molar-refractivity contribution is -0.384. The van der Waals surface area contributed by atoms with Crippen LogP contribution in [0.5, 0.6) is 0 Å². The second kappa shape index (κ2) is 5.11. The molecule has 0 saturated carbocycles. The first-order valence-corrected chi connectivity index (χ1v) is 5.43. The number of nitro groups is 1. The van der Waals surface area contributed by atoms with Crippen molar-refractivity contribution in [2.24, 2.45) is 0 Å². The molecule has 0 aliphatic carbocycles. The summed E-state index contributed by atoms with van der Waals surface area (Å²) in [5.74, 6) is 0. The van der Waals surface area contributed by atoms with Gasteiger partial charge in [0, 0.05) is 19.2 Å². The van der Waals surface area contributed by atoms with E-state index < -0.39 is 4.92 Å². The van der Waals surface area contributed by atoms with E-state index in [1.54, 1.807) is 12.1 Å². The van der Waals surface area contributed by atoms with Crippen LogP contribution in [0.25, 0.3) is 0 Å². The van der Waals surface area contributed by atoms with Crippen LogP contribution in [0.1, 0.15) is 5.56 Å². The minimum Gasteiger partial charge on any atom is -0.392 e. The van der Waals surface area contributed by atoms with Gasteiger partial charge in [0.2, 0.25) is 0 Å². The summed E-state index contributed by atoms with van der Waals surface area (Å²) in [6, 6.07) is 4.82. The van der Waals surface area contributed by atoms with Crippen molar-refractivity contribution in [3.8, 4) is 0 Å². The minimum atomic E-state index is -0.413. The number of hydrogen-bond acceptors (Lipinski definition) is 5. The van der Waals surface area contributed by atoms with Gasteiger partial charge in [0.05, 0.1) is 24.7 Å². The lowest BCUT2D eigenvalue weighted by Gasteiger charge is -2.28. The summed E-state index contributed by atoms with van der Waals surface area (Å²) >= 11 is 0. The number of aliphatic hydroxyl groups excluding tert-OH is 1. The van der Waals surface area contributed by atoms with Gasteiger partial charge in [-0.25, -0.2) is 0 Å². The fourth-order valence-corrected chi connectivity index (χ4v) is 1.89. The van der Waals surface area contributed by atoms with Crippen LogP contribution >= 0.6 is 0 Å². The van der Waals surface area contributed by atoms with Crippen molar-refractivity contribution in [1.29, 1.82) is 0 Å². The van der Waals surface area contributed by atoms with E-state index in [1.807, 2.05) is 4.90 Å². The van der Waals surface area contributed by atoms with Crippen molar-refractivity contribution in [3.05, 3.63) is 33.9 Å². The smallest absolute Gasteiger partial charge is 0.292 e. The Kier molecular flexibility index (Phi) is 3.55. The molecular formula is C11H14N2O4. The highest BCUT2D eigenvalue weighted by atomic mass is 16.6. The second-order valence-electron chi connectivity index (χ2n) is 3.84. The Hall–Kier alpha value is -1.66. The Morgan fingerprint density at radius 2 is 2.12 bits per heavy atom. The number of anilines is 1. The zero-order valence-corrected chi connectivity index (χ0v) is 9.33. The topological polar surface area (TPSA) is 75.8 Å². The third-order valence-electron chi connectivity index (χ3n) is 2.77. The highest BCUT2D eigenvalue weighted by Gasteiger charge is 2.21. The van der Waals surface area contributed by atoms with Crippen LogP contribution in [0.4, 0.5) is 11.4 Å². The average Bonchev–Trinajstić information content (AvgIpc) is 2.39. The molecule has 1 aliphatic rings. The molecule has 0 spiro atoms. The van der Waals surface area contributed by atoms with Gasteiger partial charge >= 0.3 is 0 Å². The van der Waals surface area contributed by atoms with Crippen LogP contribution in [-0.4, -0.2) is 36.3 Å². The SMILES string of the molecule is O=[N+]([O-])c1cc(CO)ccc1N1CCOCC1. The summed E-state index contributed by atoms with van der Waals surface area (Å²) in [5.41, 5.74) is 1.18. The van der Waals surface area contributed by atoms with E-state index in [1.165, 1.54) is 6.07 Å². The van der Waals surface area contributed by atoms with Crippen molar-refractivity contribution in [2.75, 3.05) is 31.2 Å². The summed E-state index contributed by atoms with van der Waals surface area (Å²) in [5, 5.41) is 20.0. The number of morpholine rings is 1. The Bertz CT molecular complexity index is 416. The van der Waals surface area contributed by atoms with Gasteiger partial charge in [0.15, 0.2) is 0 Å². The summed E-state index contributed by atoms with van der Waals surface area (Å²) < 4.78 is 5.21. The van der Waals surface area contributed by atoms with E-state index in [2.05, 4.69) is 0 Å². The van der Waals surface area contributed by atoms with Gasteiger partial charge in [-0.05, 0) is 11.6 Å². The van der Waals surface area contributed by atoms with Gasteiger partial charge in [0.25, 0.3) is 5.69 Å². The largest absolute Gasteiger partial charge is 0.392 e. The van der Waals surface area contributed by atoms with Crippen LogP contribution in [0.2, 0.25) is 0 Å². The Balaban J connectivity index is 2.34. The van der Waals surface area contributed by atoms with Crippen molar-refractivity contribution < 1.29 is 14.8 Å². The summed E-state index contributed by atoms with van der Waals surface area (Å²) in [4.78, 5) is 12.5. The van der Waals surface area contributed by atoms with Crippen molar-refractivity contribution in [1.82, 2.24) is 0 Å². The van der Waals surface area contributed by atoms with E-state index >= 15 is 0 Å². The summed E-state index contributed by atoms with van der Waals surface area (Å²) in [6.07, 6.45) is 0. The van der Waals surface area contributed by atoms with Crippen molar-refractivity contribution >= 4 is 11.4 Å². The predicted octanol–water partition coefficient (Wildman–Crippen LogP) is 0.924. The van der Waals surface area contributed by atoms with E-state index in [4.69, 9.17) is 9.84 Å². The van der Waals surface area contributed by atoms with E-state index in [9.17, 15) is 10.1 Å². The molecule has 1 heterocycles. The average molecular weight is 238 g/mol. The third-order valence-corrected chi connectivity index (χ3v) is 2.77. The van der Waals surface area contributed by atoms with Crippen LogP contribution in [0.15, 0.2) is 18.2 Å². The number of ether oxygens (including phenoxy) is 1. The Labute approximate surface area is 98.6 Å². The maximum absolute atomic E-state index is 11.0. The van der Waals surface area contributed by atoms with Gasteiger partial charge in [-0.1, -0.05) is 6.07 Å². The molecule has 0 radical (unpaired) electrons. The molecule has 0 atom stereocenters. The van der Waals surface area contributed by atoms with Crippen molar-refractivity contribution in [3.63, 3.8) is 0 Å². The molecular weight excluding hydrogens is 224 g/mol. The number of aliphatic hydroxyl groups is 1. The molecule has 0 aromatic heterocycles. The maximum atomic E-state index is 11.0. The van der Waals surface area contributed by atoms with Crippen LogP contribution in [0.3, 0.4) is 0 Å². The van der Waals surface area contributed by atoms with E-state index in [0.717, 1.165) is 0 Å². The van der Waals surface area contributed by atoms with Crippen LogP contribution < -0.4 is 4.90 Å².